The van der Waals surface area contributed by atoms with Crippen LogP contribution < -0.4 is 0 Å². The minimum atomic E-state index is -2.65. The fraction of sp³-hybridized carbons (Fsp3) is 0.750. The summed E-state index contributed by atoms with van der Waals surface area (Å²) >= 11 is 0. The van der Waals surface area contributed by atoms with E-state index in [1.165, 1.54) is 0 Å². The summed E-state index contributed by atoms with van der Waals surface area (Å²) in [7, 11) is 2.00. The maximum absolute atomic E-state index is 11.9. The summed E-state index contributed by atoms with van der Waals surface area (Å²) in [5.41, 5.74) is 0.493. The first kappa shape index (κ1) is 17.5. The first-order valence-corrected chi connectivity index (χ1v) is 7.86. The van der Waals surface area contributed by atoms with Crippen LogP contribution in [0.15, 0.2) is 12.2 Å². The summed E-state index contributed by atoms with van der Waals surface area (Å²) in [6.07, 6.45) is 0.00110. The van der Waals surface area contributed by atoms with E-state index >= 15 is 0 Å². The Morgan fingerprint density at radius 1 is 1.22 bits per heavy atom. The number of ether oxygens (including phenoxy) is 1. The highest BCUT2D eigenvalue weighted by Crippen LogP contribution is 2.19. The highest BCUT2D eigenvalue weighted by molar-refractivity contribution is 6.60. The first-order valence-electron chi connectivity index (χ1n) is 5.93. The van der Waals surface area contributed by atoms with Crippen LogP contribution >= 0.6 is 0 Å². The Balaban J connectivity index is 4.60. The van der Waals surface area contributed by atoms with E-state index in [0.717, 1.165) is 0 Å². The van der Waals surface area contributed by atoms with Gasteiger partial charge in [0, 0.05) is 34.0 Å². The fourth-order valence-electron chi connectivity index (χ4n) is 1.63. The zero-order valence-electron chi connectivity index (χ0n) is 11.9. The van der Waals surface area contributed by atoms with Gasteiger partial charge in [0.05, 0.1) is 0 Å². The predicted molar refractivity (Wildman–Crippen MR) is 71.4 cm³/mol. The molecule has 0 heterocycles. The van der Waals surface area contributed by atoms with Gasteiger partial charge in [-0.05, 0) is 25.8 Å². The molecule has 0 spiro atoms. The van der Waals surface area contributed by atoms with Gasteiger partial charge in [0.25, 0.3) is 0 Å². The Morgan fingerprint density at radius 2 is 1.72 bits per heavy atom. The van der Waals surface area contributed by atoms with Crippen LogP contribution in [0.3, 0.4) is 0 Å². The number of carbonyl (C=O) groups is 1. The summed E-state index contributed by atoms with van der Waals surface area (Å²) in [6, 6.07) is 0.528. The van der Waals surface area contributed by atoms with E-state index in [2.05, 4.69) is 6.58 Å². The molecule has 0 aliphatic heterocycles. The molecule has 0 radical (unpaired) electrons. The SMILES string of the molecule is C=C(C)C(=O)C(CC[Si](OC)(OC)OC)OCC. The van der Waals surface area contributed by atoms with Crippen LogP contribution in [0, 0.1) is 0 Å². The van der Waals surface area contributed by atoms with Crippen molar-refractivity contribution in [2.45, 2.75) is 32.4 Å². The van der Waals surface area contributed by atoms with Crippen molar-refractivity contribution < 1.29 is 22.8 Å². The quantitative estimate of drug-likeness (QED) is 0.450. The van der Waals surface area contributed by atoms with Crippen LogP contribution in [-0.2, 0) is 22.8 Å². The predicted octanol–water partition coefficient (Wildman–Crippen LogP) is 1.80. The van der Waals surface area contributed by atoms with Crippen molar-refractivity contribution in [2.24, 2.45) is 0 Å². The molecule has 0 bridgehead atoms. The van der Waals surface area contributed by atoms with Gasteiger partial charge in [-0.3, -0.25) is 4.79 Å². The van der Waals surface area contributed by atoms with Gasteiger partial charge in [0.2, 0.25) is 0 Å². The van der Waals surface area contributed by atoms with Crippen LogP contribution in [-0.4, -0.2) is 48.6 Å². The number of ketones is 1. The van der Waals surface area contributed by atoms with Gasteiger partial charge < -0.3 is 18.0 Å². The summed E-state index contributed by atoms with van der Waals surface area (Å²) in [6.45, 7) is 7.66. The van der Waals surface area contributed by atoms with E-state index in [4.69, 9.17) is 18.0 Å². The summed E-state index contributed by atoms with van der Waals surface area (Å²) < 4.78 is 21.4. The molecular formula is C12H24O5Si. The topological polar surface area (TPSA) is 54.0 Å². The molecule has 0 saturated carbocycles. The van der Waals surface area contributed by atoms with Gasteiger partial charge in [-0.15, -0.1) is 0 Å². The van der Waals surface area contributed by atoms with Crippen LogP contribution in [0.4, 0.5) is 0 Å². The Kier molecular flexibility index (Phi) is 8.30. The second-order valence-corrected chi connectivity index (χ2v) is 7.01. The van der Waals surface area contributed by atoms with Crippen molar-refractivity contribution in [3.63, 3.8) is 0 Å². The molecule has 0 amide bonds. The summed E-state index contributed by atoms with van der Waals surface area (Å²) in [5.74, 6) is -0.0805. The maximum Gasteiger partial charge on any atom is 0.500 e. The maximum atomic E-state index is 11.9. The number of hydrogen-bond donors (Lipinski definition) is 0. The monoisotopic (exact) mass is 276 g/mol. The van der Waals surface area contributed by atoms with Gasteiger partial charge in [-0.2, -0.15) is 0 Å². The van der Waals surface area contributed by atoms with Crippen molar-refractivity contribution in [1.82, 2.24) is 0 Å². The third kappa shape index (κ3) is 4.99. The van der Waals surface area contributed by atoms with E-state index in [9.17, 15) is 4.79 Å². The molecule has 106 valence electrons. The molecule has 6 heteroatoms. The molecular weight excluding hydrogens is 252 g/mol. The minimum Gasteiger partial charge on any atom is -0.377 e. The average Bonchev–Trinajstić information content (AvgIpc) is 2.38. The van der Waals surface area contributed by atoms with Crippen LogP contribution in [0.5, 0.6) is 0 Å². The molecule has 1 atom stereocenters. The molecule has 0 aromatic heterocycles. The van der Waals surface area contributed by atoms with Crippen LogP contribution in [0.1, 0.15) is 20.3 Å². The molecule has 1 unspecified atom stereocenters. The van der Waals surface area contributed by atoms with Crippen LogP contribution in [0.25, 0.3) is 0 Å². The Labute approximate surface area is 110 Å². The van der Waals surface area contributed by atoms with E-state index in [0.29, 0.717) is 24.6 Å². The molecule has 0 aromatic carbocycles. The van der Waals surface area contributed by atoms with Gasteiger partial charge in [0.15, 0.2) is 5.78 Å². The van der Waals surface area contributed by atoms with Crippen molar-refractivity contribution in [1.29, 1.82) is 0 Å². The zero-order valence-corrected chi connectivity index (χ0v) is 12.9. The van der Waals surface area contributed by atoms with E-state index < -0.39 is 14.9 Å². The number of hydrogen-bond acceptors (Lipinski definition) is 5. The second kappa shape index (κ2) is 8.55. The first-order chi connectivity index (χ1) is 8.46. The smallest absolute Gasteiger partial charge is 0.377 e. The molecule has 0 fully saturated rings. The standard InChI is InChI=1S/C12H24O5Si/c1-7-17-11(12(13)10(2)3)8-9-18(14-4,15-5)16-6/h11H,2,7-9H2,1,3-6H3. The normalized spacial score (nSPS) is 13.4. The number of Topliss-reactive ketones (excluding diaryl/α,β-unsaturated/α-hetero) is 1. The molecule has 18 heavy (non-hydrogen) atoms. The van der Waals surface area contributed by atoms with Crippen molar-refractivity contribution in [3.8, 4) is 0 Å². The molecule has 0 aliphatic rings. The minimum absolute atomic E-state index is 0.0805. The van der Waals surface area contributed by atoms with E-state index in [1.807, 2.05) is 6.92 Å². The number of carbonyl (C=O) groups excluding carboxylic acids is 1. The lowest BCUT2D eigenvalue weighted by molar-refractivity contribution is -0.126. The van der Waals surface area contributed by atoms with Crippen molar-refractivity contribution in [2.75, 3.05) is 27.9 Å². The largest absolute Gasteiger partial charge is 0.500 e. The van der Waals surface area contributed by atoms with Crippen molar-refractivity contribution >= 4 is 14.6 Å². The lowest BCUT2D eigenvalue weighted by Crippen LogP contribution is -2.44. The molecule has 5 nitrogen and oxygen atoms in total. The lowest BCUT2D eigenvalue weighted by atomic mass is 10.1. The molecule has 0 saturated heterocycles. The third-order valence-corrected chi connectivity index (χ3v) is 5.49. The molecule has 0 aromatic rings. The van der Waals surface area contributed by atoms with Gasteiger partial charge in [-0.25, -0.2) is 0 Å². The Bertz CT molecular complexity index is 267. The van der Waals surface area contributed by atoms with Gasteiger partial charge >= 0.3 is 8.80 Å². The average molecular weight is 276 g/mol. The fourth-order valence-corrected chi connectivity index (χ4v) is 3.36. The Morgan fingerprint density at radius 3 is 2.06 bits per heavy atom. The zero-order chi connectivity index (χ0) is 14.2. The van der Waals surface area contributed by atoms with Gasteiger partial charge in [-0.1, -0.05) is 6.58 Å². The summed E-state index contributed by atoms with van der Waals surface area (Å²) in [4.78, 5) is 11.9. The summed E-state index contributed by atoms with van der Waals surface area (Å²) in [5, 5.41) is 0. The highest BCUT2D eigenvalue weighted by Gasteiger charge is 2.39. The highest BCUT2D eigenvalue weighted by atomic mass is 28.4. The molecule has 0 rings (SSSR count). The van der Waals surface area contributed by atoms with Crippen LogP contribution in [0.2, 0.25) is 6.04 Å². The molecule has 0 aliphatic carbocycles. The molecule has 0 N–H and O–H groups in total. The van der Waals surface area contributed by atoms with E-state index in [1.54, 1.807) is 28.3 Å². The Hall–Kier alpha value is -0.533. The third-order valence-electron chi connectivity index (χ3n) is 2.73. The lowest BCUT2D eigenvalue weighted by Gasteiger charge is -2.26. The number of rotatable bonds is 10. The van der Waals surface area contributed by atoms with Crippen molar-refractivity contribution in [3.05, 3.63) is 12.2 Å². The van der Waals surface area contributed by atoms with Gasteiger partial charge in [0.1, 0.15) is 6.10 Å². The second-order valence-electron chi connectivity index (χ2n) is 3.92. The van der Waals surface area contributed by atoms with E-state index in [-0.39, 0.29) is 5.78 Å².